The van der Waals surface area contributed by atoms with Gasteiger partial charge in [-0.05, 0) is 42.5 Å². The second-order valence-electron chi connectivity index (χ2n) is 4.49. The standard InChI is InChI=1S/C12H15NO/c1-14-9-2-3-10-8(6-9)7-11(13)12(10)4-5-12/h2-3,6,11H,4-5,7,13H2,1H3. The fourth-order valence-electron chi connectivity index (χ4n) is 2.76. The molecule has 2 N–H and O–H groups in total. The molecule has 0 heterocycles. The first kappa shape index (κ1) is 8.30. The number of benzene rings is 1. The molecule has 0 bridgehead atoms. The monoisotopic (exact) mass is 189 g/mol. The van der Waals surface area contributed by atoms with Crippen LogP contribution in [0.15, 0.2) is 18.2 Å². The predicted octanol–water partition coefficient (Wildman–Crippen LogP) is 1.61. The van der Waals surface area contributed by atoms with Crippen LogP contribution >= 0.6 is 0 Å². The van der Waals surface area contributed by atoms with Crippen LogP contribution < -0.4 is 10.5 Å². The summed E-state index contributed by atoms with van der Waals surface area (Å²) >= 11 is 0. The van der Waals surface area contributed by atoms with E-state index in [0.29, 0.717) is 11.5 Å². The number of methoxy groups -OCH3 is 1. The first-order chi connectivity index (χ1) is 6.76. The van der Waals surface area contributed by atoms with Gasteiger partial charge in [0.05, 0.1) is 7.11 Å². The molecule has 14 heavy (non-hydrogen) atoms. The van der Waals surface area contributed by atoms with Gasteiger partial charge in [-0.2, -0.15) is 0 Å². The highest BCUT2D eigenvalue weighted by atomic mass is 16.5. The summed E-state index contributed by atoms with van der Waals surface area (Å²) in [4.78, 5) is 0. The van der Waals surface area contributed by atoms with Crippen molar-refractivity contribution in [3.05, 3.63) is 29.3 Å². The normalized spacial score (nSPS) is 26.3. The Morgan fingerprint density at radius 1 is 1.43 bits per heavy atom. The Morgan fingerprint density at radius 2 is 2.21 bits per heavy atom. The highest BCUT2D eigenvalue weighted by Gasteiger charge is 2.53. The maximum atomic E-state index is 6.18. The lowest BCUT2D eigenvalue weighted by Gasteiger charge is -2.13. The number of hydrogen-bond donors (Lipinski definition) is 1. The summed E-state index contributed by atoms with van der Waals surface area (Å²) in [6.07, 6.45) is 3.56. The number of rotatable bonds is 1. The van der Waals surface area contributed by atoms with Gasteiger partial charge in [0.25, 0.3) is 0 Å². The summed E-state index contributed by atoms with van der Waals surface area (Å²) < 4.78 is 5.22. The van der Waals surface area contributed by atoms with E-state index in [1.807, 2.05) is 0 Å². The van der Waals surface area contributed by atoms with Crippen LogP contribution in [0.5, 0.6) is 5.75 Å². The molecule has 2 heteroatoms. The average Bonchev–Trinajstić information content (AvgIpc) is 2.93. The molecule has 74 valence electrons. The van der Waals surface area contributed by atoms with Crippen LogP contribution in [-0.4, -0.2) is 13.2 Å². The molecule has 0 aliphatic heterocycles. The number of nitrogens with two attached hydrogens (primary N) is 1. The highest BCUT2D eigenvalue weighted by Crippen LogP contribution is 2.56. The van der Waals surface area contributed by atoms with Gasteiger partial charge in [0.15, 0.2) is 0 Å². The van der Waals surface area contributed by atoms with Crippen molar-refractivity contribution in [2.75, 3.05) is 7.11 Å². The van der Waals surface area contributed by atoms with Crippen LogP contribution in [0.4, 0.5) is 0 Å². The lowest BCUT2D eigenvalue weighted by Crippen LogP contribution is -2.30. The van der Waals surface area contributed by atoms with Crippen molar-refractivity contribution in [3.63, 3.8) is 0 Å². The van der Waals surface area contributed by atoms with Crippen LogP contribution in [0.3, 0.4) is 0 Å². The summed E-state index contributed by atoms with van der Waals surface area (Å²) in [7, 11) is 1.71. The molecule has 2 nitrogen and oxygen atoms in total. The summed E-state index contributed by atoms with van der Waals surface area (Å²) in [5.74, 6) is 0.952. The average molecular weight is 189 g/mol. The van der Waals surface area contributed by atoms with E-state index in [9.17, 15) is 0 Å². The largest absolute Gasteiger partial charge is 0.497 e. The SMILES string of the molecule is COc1ccc2c(c1)CC(N)C21CC1. The lowest BCUT2D eigenvalue weighted by molar-refractivity contribution is 0.414. The zero-order valence-electron chi connectivity index (χ0n) is 8.42. The van der Waals surface area contributed by atoms with Gasteiger partial charge in [-0.1, -0.05) is 6.07 Å². The highest BCUT2D eigenvalue weighted by molar-refractivity contribution is 5.49. The molecule has 0 radical (unpaired) electrons. The first-order valence-corrected chi connectivity index (χ1v) is 5.19. The van der Waals surface area contributed by atoms with Crippen molar-refractivity contribution < 1.29 is 4.74 Å². The van der Waals surface area contributed by atoms with Crippen molar-refractivity contribution >= 4 is 0 Å². The molecule has 2 aliphatic carbocycles. The van der Waals surface area contributed by atoms with Crippen LogP contribution in [-0.2, 0) is 11.8 Å². The number of hydrogen-bond acceptors (Lipinski definition) is 2. The first-order valence-electron chi connectivity index (χ1n) is 5.19. The summed E-state index contributed by atoms with van der Waals surface area (Å²) in [5.41, 5.74) is 9.40. The van der Waals surface area contributed by atoms with Crippen LogP contribution in [0, 0.1) is 0 Å². The molecular weight excluding hydrogens is 174 g/mol. The van der Waals surface area contributed by atoms with Gasteiger partial charge in [-0.25, -0.2) is 0 Å². The van der Waals surface area contributed by atoms with Crippen LogP contribution in [0.25, 0.3) is 0 Å². The second kappa shape index (κ2) is 2.51. The van der Waals surface area contributed by atoms with Crippen molar-refractivity contribution in [1.29, 1.82) is 0 Å². The molecule has 1 atom stereocenters. The minimum Gasteiger partial charge on any atom is -0.497 e. The number of fused-ring (bicyclic) bond motifs is 2. The summed E-state index contributed by atoms with van der Waals surface area (Å²) in [6, 6.07) is 6.73. The maximum Gasteiger partial charge on any atom is 0.119 e. The molecule has 1 spiro atoms. The fourth-order valence-corrected chi connectivity index (χ4v) is 2.76. The third kappa shape index (κ3) is 0.894. The number of ether oxygens (including phenoxy) is 1. The Bertz CT molecular complexity index is 382. The Labute approximate surface area is 84.1 Å². The smallest absolute Gasteiger partial charge is 0.119 e. The Morgan fingerprint density at radius 3 is 2.86 bits per heavy atom. The van der Waals surface area contributed by atoms with Gasteiger partial charge >= 0.3 is 0 Å². The van der Waals surface area contributed by atoms with Crippen LogP contribution in [0.1, 0.15) is 24.0 Å². The quantitative estimate of drug-likeness (QED) is 0.728. The fraction of sp³-hybridized carbons (Fsp3) is 0.500. The molecule has 0 saturated heterocycles. The Kier molecular flexibility index (Phi) is 1.49. The van der Waals surface area contributed by atoms with E-state index in [0.717, 1.165) is 12.2 Å². The van der Waals surface area contributed by atoms with Crippen molar-refractivity contribution in [2.45, 2.75) is 30.7 Å². The summed E-state index contributed by atoms with van der Waals surface area (Å²) in [6.45, 7) is 0. The van der Waals surface area contributed by atoms with Gasteiger partial charge in [0.2, 0.25) is 0 Å². The lowest BCUT2D eigenvalue weighted by atomic mass is 9.95. The van der Waals surface area contributed by atoms with Gasteiger partial charge in [0, 0.05) is 11.5 Å². The molecular formula is C12H15NO. The Balaban J connectivity index is 2.09. The molecule has 1 fully saturated rings. The molecule has 2 aliphatic rings. The molecule has 1 unspecified atom stereocenters. The Hall–Kier alpha value is -1.02. The zero-order chi connectivity index (χ0) is 9.76. The molecule has 1 saturated carbocycles. The molecule has 0 amide bonds. The van der Waals surface area contributed by atoms with Gasteiger partial charge in [0.1, 0.15) is 5.75 Å². The maximum absolute atomic E-state index is 6.18. The second-order valence-corrected chi connectivity index (χ2v) is 4.49. The minimum atomic E-state index is 0.338. The van der Waals surface area contributed by atoms with Gasteiger partial charge in [-0.15, -0.1) is 0 Å². The van der Waals surface area contributed by atoms with Crippen molar-refractivity contribution in [2.24, 2.45) is 5.73 Å². The molecule has 3 rings (SSSR count). The topological polar surface area (TPSA) is 35.2 Å². The van der Waals surface area contributed by atoms with Gasteiger partial charge in [-0.3, -0.25) is 0 Å². The van der Waals surface area contributed by atoms with Gasteiger partial charge < -0.3 is 10.5 Å². The third-order valence-corrected chi connectivity index (χ3v) is 3.79. The van der Waals surface area contributed by atoms with E-state index in [-0.39, 0.29) is 0 Å². The summed E-state index contributed by atoms with van der Waals surface area (Å²) in [5, 5.41) is 0. The van der Waals surface area contributed by atoms with Crippen molar-refractivity contribution in [1.82, 2.24) is 0 Å². The molecule has 1 aromatic carbocycles. The minimum absolute atomic E-state index is 0.338. The molecule has 1 aromatic rings. The van der Waals surface area contributed by atoms with E-state index < -0.39 is 0 Å². The third-order valence-electron chi connectivity index (χ3n) is 3.79. The van der Waals surface area contributed by atoms with E-state index in [1.165, 1.54) is 24.0 Å². The van der Waals surface area contributed by atoms with E-state index in [1.54, 1.807) is 7.11 Å². The molecule has 0 aromatic heterocycles. The van der Waals surface area contributed by atoms with Crippen LogP contribution in [0.2, 0.25) is 0 Å². The zero-order valence-corrected chi connectivity index (χ0v) is 8.42. The van der Waals surface area contributed by atoms with Crippen molar-refractivity contribution in [3.8, 4) is 5.75 Å². The van der Waals surface area contributed by atoms with E-state index in [4.69, 9.17) is 10.5 Å². The predicted molar refractivity (Wildman–Crippen MR) is 55.6 cm³/mol. The van der Waals surface area contributed by atoms with E-state index in [2.05, 4.69) is 18.2 Å². The van der Waals surface area contributed by atoms with E-state index >= 15 is 0 Å².